The topological polar surface area (TPSA) is 38.8 Å². The summed E-state index contributed by atoms with van der Waals surface area (Å²) in [5.41, 5.74) is 0. The SMILES string of the molecule is CCOCCN1C(=O)[C@H](Oc2ccccc2F)[C@@H]1c1cccs1. The minimum absolute atomic E-state index is 0.108. The summed E-state index contributed by atoms with van der Waals surface area (Å²) in [6, 6.07) is 9.85. The van der Waals surface area contributed by atoms with Crippen LogP contribution in [0.25, 0.3) is 0 Å². The van der Waals surface area contributed by atoms with Crippen molar-refractivity contribution in [2.45, 2.75) is 19.1 Å². The number of nitrogens with zero attached hydrogens (tertiary/aromatic N) is 1. The van der Waals surface area contributed by atoms with E-state index >= 15 is 0 Å². The van der Waals surface area contributed by atoms with Crippen LogP contribution in [-0.2, 0) is 9.53 Å². The van der Waals surface area contributed by atoms with E-state index in [-0.39, 0.29) is 17.7 Å². The summed E-state index contributed by atoms with van der Waals surface area (Å²) in [7, 11) is 0. The molecule has 2 atom stereocenters. The van der Waals surface area contributed by atoms with E-state index in [1.807, 2.05) is 24.4 Å². The summed E-state index contributed by atoms with van der Waals surface area (Å²) in [6.45, 7) is 3.52. The van der Waals surface area contributed by atoms with Gasteiger partial charge in [-0.1, -0.05) is 18.2 Å². The minimum Gasteiger partial charge on any atom is -0.475 e. The molecule has 6 heteroatoms. The van der Waals surface area contributed by atoms with Crippen LogP contribution in [0.3, 0.4) is 0 Å². The second-order valence-electron chi connectivity index (χ2n) is 5.16. The second kappa shape index (κ2) is 7.10. The molecule has 2 aromatic rings. The first-order valence-electron chi connectivity index (χ1n) is 7.55. The number of hydrogen-bond acceptors (Lipinski definition) is 4. The highest BCUT2D eigenvalue weighted by molar-refractivity contribution is 7.10. The summed E-state index contributed by atoms with van der Waals surface area (Å²) >= 11 is 1.56. The zero-order chi connectivity index (χ0) is 16.2. The fourth-order valence-corrected chi connectivity index (χ4v) is 3.49. The van der Waals surface area contributed by atoms with Crippen LogP contribution in [0.15, 0.2) is 41.8 Å². The van der Waals surface area contributed by atoms with Crippen LogP contribution in [-0.4, -0.2) is 36.7 Å². The maximum absolute atomic E-state index is 13.8. The highest BCUT2D eigenvalue weighted by Gasteiger charge is 2.50. The molecular weight excluding hydrogens is 317 g/mol. The van der Waals surface area contributed by atoms with Crippen LogP contribution in [0.1, 0.15) is 17.8 Å². The fraction of sp³-hybridized carbons (Fsp3) is 0.353. The Labute approximate surface area is 138 Å². The second-order valence-corrected chi connectivity index (χ2v) is 6.14. The number of likely N-dealkylation sites (tertiary alicyclic amines) is 1. The third-order valence-corrected chi connectivity index (χ3v) is 4.70. The Hall–Kier alpha value is -1.92. The quantitative estimate of drug-likeness (QED) is 0.576. The number of benzene rings is 1. The Balaban J connectivity index is 1.76. The molecule has 1 aliphatic heterocycles. The van der Waals surface area contributed by atoms with E-state index in [1.54, 1.807) is 28.4 Å². The zero-order valence-corrected chi connectivity index (χ0v) is 13.6. The van der Waals surface area contributed by atoms with Crippen molar-refractivity contribution in [1.29, 1.82) is 0 Å². The number of amides is 1. The fourth-order valence-electron chi connectivity index (χ4n) is 2.63. The van der Waals surface area contributed by atoms with Crippen molar-refractivity contribution in [3.05, 3.63) is 52.5 Å². The van der Waals surface area contributed by atoms with Crippen LogP contribution >= 0.6 is 11.3 Å². The summed E-state index contributed by atoms with van der Waals surface area (Å²) in [4.78, 5) is 15.2. The summed E-state index contributed by atoms with van der Waals surface area (Å²) in [6.07, 6.45) is -0.688. The first-order chi connectivity index (χ1) is 11.2. The molecule has 1 fully saturated rings. The number of β-lactam (4-membered cyclic amide) rings is 1. The van der Waals surface area contributed by atoms with Crippen LogP contribution in [0.2, 0.25) is 0 Å². The molecule has 1 aromatic carbocycles. The number of carbonyl (C=O) groups is 1. The maximum Gasteiger partial charge on any atom is 0.267 e. The van der Waals surface area contributed by atoms with Gasteiger partial charge in [0.05, 0.1) is 6.61 Å². The molecule has 0 unspecified atom stereocenters. The lowest BCUT2D eigenvalue weighted by molar-refractivity contribution is -0.165. The van der Waals surface area contributed by atoms with E-state index in [0.717, 1.165) is 4.88 Å². The molecule has 23 heavy (non-hydrogen) atoms. The molecule has 0 saturated carbocycles. The smallest absolute Gasteiger partial charge is 0.267 e. The number of halogens is 1. The van der Waals surface area contributed by atoms with Crippen molar-refractivity contribution in [2.75, 3.05) is 19.8 Å². The Morgan fingerprint density at radius 1 is 1.26 bits per heavy atom. The van der Waals surface area contributed by atoms with Crippen molar-refractivity contribution in [1.82, 2.24) is 4.90 Å². The van der Waals surface area contributed by atoms with E-state index in [0.29, 0.717) is 19.8 Å². The van der Waals surface area contributed by atoms with Gasteiger partial charge in [-0.15, -0.1) is 11.3 Å². The van der Waals surface area contributed by atoms with Crippen molar-refractivity contribution < 1.29 is 18.7 Å². The molecule has 1 amide bonds. The molecule has 0 N–H and O–H groups in total. The van der Waals surface area contributed by atoms with Gasteiger partial charge in [0.25, 0.3) is 5.91 Å². The summed E-state index contributed by atoms with van der Waals surface area (Å²) in [5, 5.41) is 1.96. The lowest BCUT2D eigenvalue weighted by Gasteiger charge is -2.46. The van der Waals surface area contributed by atoms with Crippen molar-refractivity contribution in [2.24, 2.45) is 0 Å². The Morgan fingerprint density at radius 2 is 2.09 bits per heavy atom. The van der Waals surface area contributed by atoms with E-state index in [4.69, 9.17) is 9.47 Å². The molecular formula is C17H18FNO3S. The maximum atomic E-state index is 13.8. The molecule has 3 rings (SSSR count). The highest BCUT2D eigenvalue weighted by Crippen LogP contribution is 2.39. The average Bonchev–Trinajstić information content (AvgIpc) is 3.07. The van der Waals surface area contributed by atoms with Gasteiger partial charge in [0.2, 0.25) is 6.10 Å². The van der Waals surface area contributed by atoms with Crippen LogP contribution in [0, 0.1) is 5.82 Å². The van der Waals surface area contributed by atoms with Gasteiger partial charge in [-0.25, -0.2) is 4.39 Å². The number of carbonyl (C=O) groups excluding carboxylic acids is 1. The molecule has 1 aliphatic rings. The number of para-hydroxylation sites is 1. The Bertz CT molecular complexity index is 662. The highest BCUT2D eigenvalue weighted by atomic mass is 32.1. The molecule has 0 spiro atoms. The van der Waals surface area contributed by atoms with Gasteiger partial charge in [-0.05, 0) is 30.5 Å². The van der Waals surface area contributed by atoms with Crippen molar-refractivity contribution in [3.8, 4) is 5.75 Å². The lowest BCUT2D eigenvalue weighted by atomic mass is 9.96. The van der Waals surface area contributed by atoms with E-state index < -0.39 is 11.9 Å². The standard InChI is InChI=1S/C17H18FNO3S/c1-2-21-10-9-19-15(14-8-5-11-23-14)16(17(19)20)22-13-7-4-3-6-12(13)18/h3-8,11,15-16H,2,9-10H2,1H3/t15-,16+/m0/s1. The number of ether oxygens (including phenoxy) is 2. The number of thiophene rings is 1. The normalized spacial score (nSPS) is 20.4. The molecule has 1 saturated heterocycles. The molecule has 0 bridgehead atoms. The van der Waals surface area contributed by atoms with Crippen LogP contribution in [0.5, 0.6) is 5.75 Å². The average molecular weight is 335 g/mol. The van der Waals surface area contributed by atoms with Gasteiger partial charge >= 0.3 is 0 Å². The van der Waals surface area contributed by atoms with Gasteiger partial charge in [-0.2, -0.15) is 0 Å². The van der Waals surface area contributed by atoms with Gasteiger partial charge in [0.1, 0.15) is 6.04 Å². The third-order valence-electron chi connectivity index (χ3n) is 3.75. The van der Waals surface area contributed by atoms with Crippen LogP contribution < -0.4 is 4.74 Å². The van der Waals surface area contributed by atoms with Crippen LogP contribution in [0.4, 0.5) is 4.39 Å². The Kier molecular flexibility index (Phi) is 4.93. The predicted molar refractivity (Wildman–Crippen MR) is 86.1 cm³/mol. The van der Waals surface area contributed by atoms with Crippen molar-refractivity contribution >= 4 is 17.2 Å². The molecule has 1 aromatic heterocycles. The van der Waals surface area contributed by atoms with Crippen molar-refractivity contribution in [3.63, 3.8) is 0 Å². The van der Waals surface area contributed by atoms with E-state index in [1.165, 1.54) is 12.1 Å². The monoisotopic (exact) mass is 335 g/mol. The largest absolute Gasteiger partial charge is 0.475 e. The zero-order valence-electron chi connectivity index (χ0n) is 12.8. The number of hydrogen-bond donors (Lipinski definition) is 0. The Morgan fingerprint density at radius 3 is 2.78 bits per heavy atom. The van der Waals surface area contributed by atoms with Gasteiger partial charge < -0.3 is 14.4 Å². The minimum atomic E-state index is -0.688. The van der Waals surface area contributed by atoms with Gasteiger partial charge in [-0.3, -0.25) is 4.79 Å². The molecule has 4 nitrogen and oxygen atoms in total. The lowest BCUT2D eigenvalue weighted by Crippen LogP contribution is -2.61. The molecule has 0 aliphatic carbocycles. The predicted octanol–water partition coefficient (Wildman–Crippen LogP) is 3.25. The number of rotatable bonds is 7. The summed E-state index contributed by atoms with van der Waals surface area (Å²) < 4.78 is 24.8. The van der Waals surface area contributed by atoms with E-state index in [2.05, 4.69) is 0 Å². The van der Waals surface area contributed by atoms with Gasteiger partial charge in [0, 0.05) is 18.0 Å². The van der Waals surface area contributed by atoms with E-state index in [9.17, 15) is 9.18 Å². The summed E-state index contributed by atoms with van der Waals surface area (Å²) in [5.74, 6) is -0.485. The first kappa shape index (κ1) is 16.0. The first-order valence-corrected chi connectivity index (χ1v) is 8.43. The van der Waals surface area contributed by atoms with Gasteiger partial charge in [0.15, 0.2) is 11.6 Å². The molecule has 122 valence electrons. The molecule has 2 heterocycles. The molecule has 0 radical (unpaired) electrons. The third kappa shape index (κ3) is 3.23.